The highest BCUT2D eigenvalue weighted by Gasteiger charge is 2.20. The quantitative estimate of drug-likeness (QED) is 0.862. The van der Waals surface area contributed by atoms with Crippen LogP contribution in [-0.2, 0) is 4.79 Å². The molecule has 0 saturated heterocycles. The molecular weight excluding hydrogens is 252 g/mol. The lowest BCUT2D eigenvalue weighted by Crippen LogP contribution is -2.20. The molecule has 1 fully saturated rings. The molecule has 20 heavy (non-hydrogen) atoms. The molecule has 2 rings (SSSR count). The van der Waals surface area contributed by atoms with Crippen molar-refractivity contribution >= 4 is 5.78 Å². The first kappa shape index (κ1) is 15.0. The fraction of sp³-hybridized carbons (Fsp3) is 0.588. The van der Waals surface area contributed by atoms with Gasteiger partial charge in [-0.3, -0.25) is 4.79 Å². The zero-order valence-corrected chi connectivity index (χ0v) is 12.2. The molecule has 1 aromatic carbocycles. The maximum atomic E-state index is 11.4. The van der Waals surface area contributed by atoms with Gasteiger partial charge in [-0.15, -0.1) is 0 Å². The summed E-state index contributed by atoms with van der Waals surface area (Å²) in [6, 6.07) is 7.66. The Kier molecular flexibility index (Phi) is 5.60. The lowest BCUT2D eigenvalue weighted by atomic mass is 9.89. The number of ether oxygens (including phenoxy) is 1. The Hall–Kier alpha value is -1.35. The molecule has 0 bridgehead atoms. The van der Waals surface area contributed by atoms with E-state index >= 15 is 0 Å². The summed E-state index contributed by atoms with van der Waals surface area (Å²) in [5.74, 6) is 1.49. The molecule has 0 aromatic heterocycles. The number of benzene rings is 1. The van der Waals surface area contributed by atoms with E-state index in [4.69, 9.17) is 4.74 Å². The molecule has 1 aliphatic carbocycles. The van der Waals surface area contributed by atoms with Gasteiger partial charge in [0.25, 0.3) is 0 Å². The first-order valence-corrected chi connectivity index (χ1v) is 7.61. The molecule has 2 atom stereocenters. The van der Waals surface area contributed by atoms with Crippen LogP contribution in [0.5, 0.6) is 5.75 Å². The summed E-state index contributed by atoms with van der Waals surface area (Å²) in [6.07, 6.45) is 4.75. The van der Waals surface area contributed by atoms with Gasteiger partial charge in [0.15, 0.2) is 0 Å². The van der Waals surface area contributed by atoms with Gasteiger partial charge in [0.2, 0.25) is 0 Å². The molecule has 0 heterocycles. The van der Waals surface area contributed by atoms with Gasteiger partial charge in [-0.2, -0.15) is 0 Å². The molecule has 0 aliphatic heterocycles. The summed E-state index contributed by atoms with van der Waals surface area (Å²) >= 11 is 0. The third-order valence-electron chi connectivity index (χ3n) is 3.88. The van der Waals surface area contributed by atoms with Crippen molar-refractivity contribution in [1.29, 1.82) is 0 Å². The van der Waals surface area contributed by atoms with Crippen molar-refractivity contribution in [2.75, 3.05) is 6.61 Å². The first-order valence-electron chi connectivity index (χ1n) is 7.61. The van der Waals surface area contributed by atoms with Crippen molar-refractivity contribution in [3.05, 3.63) is 29.8 Å². The van der Waals surface area contributed by atoms with E-state index in [2.05, 4.69) is 6.92 Å². The van der Waals surface area contributed by atoms with E-state index in [0.29, 0.717) is 24.7 Å². The maximum absolute atomic E-state index is 11.4. The normalized spacial score (nSPS) is 20.7. The largest absolute Gasteiger partial charge is 0.493 e. The Bertz CT molecular complexity index is 442. The van der Waals surface area contributed by atoms with Gasteiger partial charge in [0.1, 0.15) is 11.5 Å². The van der Waals surface area contributed by atoms with Gasteiger partial charge < -0.3 is 9.84 Å². The average molecular weight is 276 g/mol. The van der Waals surface area contributed by atoms with E-state index in [0.717, 1.165) is 43.4 Å². The van der Waals surface area contributed by atoms with Gasteiger partial charge >= 0.3 is 0 Å². The number of carbonyl (C=O) groups is 1. The minimum atomic E-state index is -0.417. The molecule has 1 aromatic rings. The summed E-state index contributed by atoms with van der Waals surface area (Å²) in [5.41, 5.74) is 0.907. The Balaban J connectivity index is 1.89. The first-order chi connectivity index (χ1) is 9.69. The Labute approximate surface area is 121 Å². The van der Waals surface area contributed by atoms with Crippen LogP contribution >= 0.6 is 0 Å². The minimum Gasteiger partial charge on any atom is -0.493 e. The zero-order chi connectivity index (χ0) is 14.4. The van der Waals surface area contributed by atoms with Gasteiger partial charge in [0, 0.05) is 12.8 Å². The summed E-state index contributed by atoms with van der Waals surface area (Å²) in [5, 5.41) is 10.00. The predicted molar refractivity (Wildman–Crippen MR) is 78.8 cm³/mol. The van der Waals surface area contributed by atoms with Crippen LogP contribution in [0.15, 0.2) is 24.3 Å². The number of aliphatic hydroxyl groups is 1. The number of hydrogen-bond donors (Lipinski definition) is 1. The van der Waals surface area contributed by atoms with Crippen molar-refractivity contribution in [2.24, 2.45) is 5.92 Å². The molecule has 0 radical (unpaired) electrons. The second kappa shape index (κ2) is 7.44. The van der Waals surface area contributed by atoms with Crippen LogP contribution in [0.1, 0.15) is 57.1 Å². The van der Waals surface area contributed by atoms with Gasteiger partial charge in [-0.1, -0.05) is 25.5 Å². The Morgan fingerprint density at radius 3 is 3.05 bits per heavy atom. The monoisotopic (exact) mass is 276 g/mol. The van der Waals surface area contributed by atoms with E-state index < -0.39 is 6.10 Å². The second-order valence-electron chi connectivity index (χ2n) is 5.69. The molecule has 0 spiro atoms. The molecule has 3 nitrogen and oxygen atoms in total. The predicted octanol–water partition coefficient (Wildman–Crippen LogP) is 3.66. The minimum absolute atomic E-state index is 0.348. The van der Waals surface area contributed by atoms with Gasteiger partial charge in [-0.25, -0.2) is 0 Å². The second-order valence-corrected chi connectivity index (χ2v) is 5.69. The SMILES string of the molecule is CCCC(O)c1cccc(OCC2CCCC(=O)C2)c1. The van der Waals surface area contributed by atoms with Crippen molar-refractivity contribution < 1.29 is 14.6 Å². The smallest absolute Gasteiger partial charge is 0.133 e. The third kappa shape index (κ3) is 4.34. The molecule has 1 aliphatic rings. The zero-order valence-electron chi connectivity index (χ0n) is 12.2. The molecule has 1 N–H and O–H groups in total. The number of ketones is 1. The van der Waals surface area contributed by atoms with Gasteiger partial charge in [0.05, 0.1) is 12.7 Å². The summed E-state index contributed by atoms with van der Waals surface area (Å²) in [7, 11) is 0. The number of Topliss-reactive ketones (excluding diaryl/α,β-unsaturated/α-hetero) is 1. The highest BCUT2D eigenvalue weighted by atomic mass is 16.5. The van der Waals surface area contributed by atoms with E-state index in [-0.39, 0.29) is 0 Å². The van der Waals surface area contributed by atoms with Crippen LogP contribution in [-0.4, -0.2) is 17.5 Å². The molecule has 110 valence electrons. The number of aliphatic hydroxyl groups excluding tert-OH is 1. The molecular formula is C17H24O3. The average Bonchev–Trinajstić information content (AvgIpc) is 2.46. The van der Waals surface area contributed by atoms with Crippen LogP contribution in [0.2, 0.25) is 0 Å². The number of hydrogen-bond acceptors (Lipinski definition) is 3. The van der Waals surface area contributed by atoms with Crippen LogP contribution < -0.4 is 4.74 Å². The highest BCUT2D eigenvalue weighted by Crippen LogP contribution is 2.25. The van der Waals surface area contributed by atoms with E-state index in [9.17, 15) is 9.90 Å². The van der Waals surface area contributed by atoms with Crippen LogP contribution in [0.3, 0.4) is 0 Å². The maximum Gasteiger partial charge on any atom is 0.133 e. The molecule has 1 saturated carbocycles. The van der Waals surface area contributed by atoms with Crippen LogP contribution in [0, 0.1) is 5.92 Å². The van der Waals surface area contributed by atoms with E-state index in [1.54, 1.807) is 0 Å². The van der Waals surface area contributed by atoms with Gasteiger partial charge in [-0.05, 0) is 42.9 Å². The summed E-state index contributed by atoms with van der Waals surface area (Å²) < 4.78 is 5.80. The highest BCUT2D eigenvalue weighted by molar-refractivity contribution is 5.79. The standard InChI is InChI=1S/C17H24O3/c1-2-5-17(19)14-7-4-9-16(11-14)20-12-13-6-3-8-15(18)10-13/h4,7,9,11,13,17,19H,2-3,5-6,8,10,12H2,1H3. The summed E-state index contributed by atoms with van der Waals surface area (Å²) in [4.78, 5) is 11.4. The van der Waals surface area contributed by atoms with Crippen molar-refractivity contribution in [2.45, 2.75) is 51.6 Å². The number of rotatable bonds is 6. The summed E-state index contributed by atoms with van der Waals surface area (Å²) in [6.45, 7) is 2.66. The van der Waals surface area contributed by atoms with E-state index in [1.807, 2.05) is 24.3 Å². The lowest BCUT2D eigenvalue weighted by Gasteiger charge is -2.21. The Morgan fingerprint density at radius 2 is 2.30 bits per heavy atom. The third-order valence-corrected chi connectivity index (χ3v) is 3.88. The molecule has 0 amide bonds. The molecule has 2 unspecified atom stereocenters. The topological polar surface area (TPSA) is 46.5 Å². The van der Waals surface area contributed by atoms with Crippen molar-refractivity contribution in [3.8, 4) is 5.75 Å². The Morgan fingerprint density at radius 1 is 1.45 bits per heavy atom. The molecule has 3 heteroatoms. The van der Waals surface area contributed by atoms with Crippen molar-refractivity contribution in [1.82, 2.24) is 0 Å². The fourth-order valence-corrected chi connectivity index (χ4v) is 2.72. The lowest BCUT2D eigenvalue weighted by molar-refractivity contribution is -0.121. The van der Waals surface area contributed by atoms with Crippen molar-refractivity contribution in [3.63, 3.8) is 0 Å². The van der Waals surface area contributed by atoms with Crippen LogP contribution in [0.25, 0.3) is 0 Å². The number of carbonyl (C=O) groups excluding carboxylic acids is 1. The van der Waals surface area contributed by atoms with Crippen LogP contribution in [0.4, 0.5) is 0 Å². The van der Waals surface area contributed by atoms with E-state index in [1.165, 1.54) is 0 Å². The fourth-order valence-electron chi connectivity index (χ4n) is 2.72.